The van der Waals surface area contributed by atoms with Crippen LogP contribution in [0.5, 0.6) is 0 Å². The summed E-state index contributed by atoms with van der Waals surface area (Å²) < 4.78 is 2.29. The summed E-state index contributed by atoms with van der Waals surface area (Å²) in [4.78, 5) is 0. The van der Waals surface area contributed by atoms with E-state index in [1.165, 1.54) is 12.8 Å². The SMILES string of the molecule is Cc1nnc(C(C)CCN)n1C1CC1. The van der Waals surface area contributed by atoms with Crippen LogP contribution in [0.4, 0.5) is 0 Å². The first kappa shape index (κ1) is 9.65. The lowest BCUT2D eigenvalue weighted by Crippen LogP contribution is -2.11. The van der Waals surface area contributed by atoms with Crippen LogP contribution >= 0.6 is 0 Å². The summed E-state index contributed by atoms with van der Waals surface area (Å²) in [6, 6.07) is 0.667. The van der Waals surface area contributed by atoms with Crippen molar-refractivity contribution in [1.29, 1.82) is 0 Å². The van der Waals surface area contributed by atoms with Gasteiger partial charge in [0.25, 0.3) is 0 Å². The Morgan fingerprint density at radius 1 is 1.50 bits per heavy atom. The molecule has 14 heavy (non-hydrogen) atoms. The van der Waals surface area contributed by atoms with Crippen LogP contribution in [0.3, 0.4) is 0 Å². The van der Waals surface area contributed by atoms with Crippen LogP contribution in [0.25, 0.3) is 0 Å². The quantitative estimate of drug-likeness (QED) is 0.787. The first-order valence-corrected chi connectivity index (χ1v) is 5.35. The maximum Gasteiger partial charge on any atom is 0.136 e. The van der Waals surface area contributed by atoms with Crippen molar-refractivity contribution in [3.8, 4) is 0 Å². The summed E-state index contributed by atoms with van der Waals surface area (Å²) in [5.41, 5.74) is 5.56. The molecular weight excluding hydrogens is 176 g/mol. The molecule has 1 atom stereocenters. The molecule has 4 nitrogen and oxygen atoms in total. The Morgan fingerprint density at radius 3 is 2.79 bits per heavy atom. The Hall–Kier alpha value is -0.900. The maximum atomic E-state index is 5.56. The number of hydrogen-bond acceptors (Lipinski definition) is 3. The maximum absolute atomic E-state index is 5.56. The zero-order valence-corrected chi connectivity index (χ0v) is 8.90. The van der Waals surface area contributed by atoms with Crippen LogP contribution in [0.1, 0.15) is 49.8 Å². The van der Waals surface area contributed by atoms with E-state index in [9.17, 15) is 0 Å². The van der Waals surface area contributed by atoms with Gasteiger partial charge in [0.1, 0.15) is 11.6 Å². The minimum atomic E-state index is 0.432. The van der Waals surface area contributed by atoms with E-state index < -0.39 is 0 Å². The van der Waals surface area contributed by atoms with Gasteiger partial charge in [0, 0.05) is 12.0 Å². The van der Waals surface area contributed by atoms with Gasteiger partial charge < -0.3 is 10.3 Å². The van der Waals surface area contributed by atoms with Gasteiger partial charge in [-0.05, 0) is 32.7 Å². The molecule has 0 bridgehead atoms. The number of nitrogens with two attached hydrogens (primary N) is 1. The summed E-state index contributed by atoms with van der Waals surface area (Å²) in [6.45, 7) is 4.93. The molecule has 78 valence electrons. The molecule has 1 saturated carbocycles. The fourth-order valence-corrected chi connectivity index (χ4v) is 1.88. The van der Waals surface area contributed by atoms with Gasteiger partial charge in [-0.15, -0.1) is 10.2 Å². The molecule has 0 radical (unpaired) electrons. The average molecular weight is 194 g/mol. The first-order chi connectivity index (χ1) is 6.74. The van der Waals surface area contributed by atoms with Crippen molar-refractivity contribution in [3.05, 3.63) is 11.6 Å². The number of nitrogens with zero attached hydrogens (tertiary/aromatic N) is 3. The predicted octanol–water partition coefficient (Wildman–Crippen LogP) is 1.37. The zero-order valence-electron chi connectivity index (χ0n) is 8.90. The molecule has 0 amide bonds. The normalized spacial score (nSPS) is 18.5. The standard InChI is InChI=1S/C10H18N4/c1-7(5-6-11)10-13-12-8(2)14(10)9-3-4-9/h7,9H,3-6,11H2,1-2H3. The van der Waals surface area contributed by atoms with Crippen LogP contribution in [-0.4, -0.2) is 21.3 Å². The minimum Gasteiger partial charge on any atom is -0.330 e. The summed E-state index contributed by atoms with van der Waals surface area (Å²) >= 11 is 0. The minimum absolute atomic E-state index is 0.432. The monoisotopic (exact) mass is 194 g/mol. The summed E-state index contributed by atoms with van der Waals surface area (Å²) in [6.07, 6.45) is 3.55. The number of rotatable bonds is 4. The highest BCUT2D eigenvalue weighted by Gasteiger charge is 2.29. The molecule has 1 heterocycles. The van der Waals surface area contributed by atoms with Crippen LogP contribution in [0.15, 0.2) is 0 Å². The molecule has 1 aliphatic carbocycles. The van der Waals surface area contributed by atoms with E-state index in [4.69, 9.17) is 5.73 Å². The third-order valence-electron chi connectivity index (χ3n) is 2.85. The van der Waals surface area contributed by atoms with Gasteiger partial charge in [-0.1, -0.05) is 6.92 Å². The lowest BCUT2D eigenvalue weighted by molar-refractivity contribution is 0.577. The largest absolute Gasteiger partial charge is 0.330 e. The van der Waals surface area contributed by atoms with E-state index in [0.717, 1.165) is 24.6 Å². The van der Waals surface area contributed by atoms with Crippen molar-refractivity contribution < 1.29 is 0 Å². The lowest BCUT2D eigenvalue weighted by atomic mass is 10.1. The second-order valence-electron chi connectivity index (χ2n) is 4.18. The Kier molecular flexibility index (Phi) is 2.54. The van der Waals surface area contributed by atoms with Gasteiger partial charge in [0.2, 0.25) is 0 Å². The molecule has 1 fully saturated rings. The molecule has 1 aromatic heterocycles. The summed E-state index contributed by atoms with van der Waals surface area (Å²) in [7, 11) is 0. The topological polar surface area (TPSA) is 56.7 Å². The van der Waals surface area contributed by atoms with E-state index in [1.54, 1.807) is 0 Å². The van der Waals surface area contributed by atoms with E-state index >= 15 is 0 Å². The highest BCUT2D eigenvalue weighted by atomic mass is 15.3. The van der Waals surface area contributed by atoms with Gasteiger partial charge in [0.05, 0.1) is 0 Å². The molecule has 0 saturated heterocycles. The molecule has 1 unspecified atom stereocenters. The molecule has 0 aliphatic heterocycles. The van der Waals surface area contributed by atoms with Crippen molar-refractivity contribution in [3.63, 3.8) is 0 Å². The van der Waals surface area contributed by atoms with E-state index in [1.807, 2.05) is 6.92 Å². The lowest BCUT2D eigenvalue weighted by Gasteiger charge is -2.12. The van der Waals surface area contributed by atoms with Crippen molar-refractivity contribution in [2.45, 2.75) is 45.1 Å². The highest BCUT2D eigenvalue weighted by molar-refractivity contribution is 5.05. The van der Waals surface area contributed by atoms with Crippen molar-refractivity contribution in [2.75, 3.05) is 6.54 Å². The molecule has 1 aromatic rings. The average Bonchev–Trinajstić information content (AvgIpc) is 2.90. The zero-order chi connectivity index (χ0) is 10.1. The Bertz CT molecular complexity index is 314. The van der Waals surface area contributed by atoms with E-state index in [-0.39, 0.29) is 0 Å². The predicted molar refractivity (Wildman–Crippen MR) is 55.1 cm³/mol. The van der Waals surface area contributed by atoms with Gasteiger partial charge in [-0.25, -0.2) is 0 Å². The third kappa shape index (κ3) is 1.66. The molecular formula is C10H18N4. The highest BCUT2D eigenvalue weighted by Crippen LogP contribution is 2.38. The van der Waals surface area contributed by atoms with Crippen LogP contribution in [0.2, 0.25) is 0 Å². The third-order valence-corrected chi connectivity index (χ3v) is 2.85. The molecule has 0 spiro atoms. The fraction of sp³-hybridized carbons (Fsp3) is 0.800. The smallest absolute Gasteiger partial charge is 0.136 e. The van der Waals surface area contributed by atoms with Crippen LogP contribution in [0, 0.1) is 6.92 Å². The summed E-state index contributed by atoms with van der Waals surface area (Å²) in [5, 5.41) is 8.41. The Morgan fingerprint density at radius 2 is 2.21 bits per heavy atom. The van der Waals surface area contributed by atoms with Crippen molar-refractivity contribution in [1.82, 2.24) is 14.8 Å². The van der Waals surface area contributed by atoms with Crippen molar-refractivity contribution >= 4 is 0 Å². The van der Waals surface area contributed by atoms with Gasteiger partial charge in [0.15, 0.2) is 0 Å². The second-order valence-corrected chi connectivity index (χ2v) is 4.18. The fourth-order valence-electron chi connectivity index (χ4n) is 1.88. The van der Waals surface area contributed by atoms with Crippen molar-refractivity contribution in [2.24, 2.45) is 5.73 Å². The van der Waals surface area contributed by atoms with Crippen LogP contribution in [-0.2, 0) is 0 Å². The molecule has 2 N–H and O–H groups in total. The van der Waals surface area contributed by atoms with E-state index in [0.29, 0.717) is 12.0 Å². The Labute approximate surface area is 84.5 Å². The number of aryl methyl sites for hydroxylation is 1. The molecule has 2 rings (SSSR count). The summed E-state index contributed by atoms with van der Waals surface area (Å²) in [5.74, 6) is 2.60. The molecule has 1 aliphatic rings. The van der Waals surface area contributed by atoms with E-state index in [2.05, 4.69) is 21.7 Å². The first-order valence-electron chi connectivity index (χ1n) is 5.35. The second kappa shape index (κ2) is 3.69. The number of hydrogen-bond donors (Lipinski definition) is 1. The van der Waals surface area contributed by atoms with Crippen LogP contribution < -0.4 is 5.73 Å². The molecule has 4 heteroatoms. The number of aromatic nitrogens is 3. The van der Waals surface area contributed by atoms with Gasteiger partial charge in [-0.3, -0.25) is 0 Å². The van der Waals surface area contributed by atoms with Gasteiger partial charge >= 0.3 is 0 Å². The molecule has 0 aromatic carbocycles. The van der Waals surface area contributed by atoms with Gasteiger partial charge in [-0.2, -0.15) is 0 Å². The Balaban J connectivity index is 2.23.